The van der Waals surface area contributed by atoms with E-state index in [0.717, 1.165) is 22.6 Å². The lowest BCUT2D eigenvalue weighted by molar-refractivity contribution is 0.0808. The first-order chi connectivity index (χ1) is 14.0. The molecule has 0 aliphatic carbocycles. The van der Waals surface area contributed by atoms with Gasteiger partial charge >= 0.3 is 0 Å². The van der Waals surface area contributed by atoms with Crippen LogP contribution in [0.2, 0.25) is 10.0 Å². The predicted molar refractivity (Wildman–Crippen MR) is 118 cm³/mol. The number of ether oxygens (including phenoxy) is 1. The van der Waals surface area contributed by atoms with E-state index < -0.39 is 0 Å². The molecule has 152 valence electrons. The molecule has 2 atom stereocenters. The minimum absolute atomic E-state index is 0.263. The van der Waals surface area contributed by atoms with Crippen LogP contribution in [0.5, 0.6) is 0 Å². The topological polar surface area (TPSA) is 21.3 Å². The van der Waals surface area contributed by atoms with Gasteiger partial charge in [-0.3, -0.25) is 0 Å². The first-order valence-electron chi connectivity index (χ1n) is 9.61. The van der Waals surface area contributed by atoms with Gasteiger partial charge in [-0.25, -0.2) is 4.39 Å². The fourth-order valence-electron chi connectivity index (χ4n) is 3.19. The van der Waals surface area contributed by atoms with Crippen LogP contribution >= 0.6 is 23.2 Å². The maximum atomic E-state index is 13.3. The summed E-state index contributed by atoms with van der Waals surface area (Å²) in [4.78, 5) is 0. The van der Waals surface area contributed by atoms with Crippen LogP contribution < -0.4 is 5.32 Å². The predicted octanol–water partition coefficient (Wildman–Crippen LogP) is 6.46. The van der Waals surface area contributed by atoms with Gasteiger partial charge < -0.3 is 10.1 Å². The van der Waals surface area contributed by atoms with E-state index in [1.807, 2.05) is 48.5 Å². The van der Waals surface area contributed by atoms with Crippen molar-refractivity contribution in [3.05, 3.63) is 105 Å². The third kappa shape index (κ3) is 6.83. The average Bonchev–Trinajstić information content (AvgIpc) is 2.72. The van der Waals surface area contributed by atoms with Gasteiger partial charge in [0.1, 0.15) is 11.9 Å². The molecule has 0 saturated heterocycles. The zero-order chi connectivity index (χ0) is 20.6. The van der Waals surface area contributed by atoms with E-state index in [9.17, 15) is 4.39 Å². The second kappa shape index (κ2) is 10.7. The summed E-state index contributed by atoms with van der Waals surface area (Å²) in [5.74, 6) is -0.263. The summed E-state index contributed by atoms with van der Waals surface area (Å²) in [7, 11) is 0. The zero-order valence-electron chi connectivity index (χ0n) is 16.2. The lowest BCUT2D eigenvalue weighted by Crippen LogP contribution is -2.31. The van der Waals surface area contributed by atoms with E-state index in [1.54, 1.807) is 12.1 Å². The summed E-state index contributed by atoms with van der Waals surface area (Å²) < 4.78 is 19.5. The number of benzene rings is 3. The molecule has 0 amide bonds. The highest BCUT2D eigenvalue weighted by Gasteiger charge is 2.15. The monoisotopic (exact) mass is 431 g/mol. The van der Waals surface area contributed by atoms with Gasteiger partial charge in [0.05, 0.1) is 6.61 Å². The summed E-state index contributed by atoms with van der Waals surface area (Å²) >= 11 is 12.0. The lowest BCUT2D eigenvalue weighted by atomic mass is 10.0. The zero-order valence-corrected chi connectivity index (χ0v) is 17.8. The smallest absolute Gasteiger partial charge is 0.123 e. The van der Waals surface area contributed by atoms with Gasteiger partial charge in [0.15, 0.2) is 0 Å². The van der Waals surface area contributed by atoms with Crippen molar-refractivity contribution in [1.29, 1.82) is 0 Å². The summed E-state index contributed by atoms with van der Waals surface area (Å²) in [6.07, 6.45) is 0.636. The largest absolute Gasteiger partial charge is 0.367 e. The third-order valence-corrected chi connectivity index (χ3v) is 5.18. The molecule has 0 aliphatic heterocycles. The molecule has 3 aromatic rings. The van der Waals surface area contributed by atoms with Crippen molar-refractivity contribution >= 4 is 23.2 Å². The molecule has 0 saturated carbocycles. The molecule has 5 heteroatoms. The van der Waals surface area contributed by atoms with E-state index >= 15 is 0 Å². The van der Waals surface area contributed by atoms with Gasteiger partial charge in [-0.2, -0.15) is 0 Å². The van der Waals surface area contributed by atoms with Crippen molar-refractivity contribution in [2.75, 3.05) is 13.2 Å². The van der Waals surface area contributed by atoms with Crippen LogP contribution in [0.4, 0.5) is 4.39 Å². The summed E-state index contributed by atoms with van der Waals surface area (Å²) in [5.41, 5.74) is 3.12. The number of hydrogen-bond donors (Lipinski definition) is 1. The van der Waals surface area contributed by atoms with Crippen LogP contribution in [0.1, 0.15) is 29.7 Å². The van der Waals surface area contributed by atoms with E-state index in [1.165, 1.54) is 17.7 Å². The quantitative estimate of drug-likeness (QED) is 0.392. The number of nitrogens with one attached hydrogen (secondary N) is 1. The van der Waals surface area contributed by atoms with Gasteiger partial charge in [0.2, 0.25) is 0 Å². The van der Waals surface area contributed by atoms with Gasteiger partial charge in [-0.05, 0) is 66.4 Å². The van der Waals surface area contributed by atoms with Gasteiger partial charge in [-0.1, -0.05) is 59.6 Å². The fraction of sp³-hybridized carbons (Fsp3) is 0.250. The van der Waals surface area contributed by atoms with Crippen LogP contribution in [0.25, 0.3) is 0 Å². The highest BCUT2D eigenvalue weighted by Crippen LogP contribution is 2.27. The first kappa shape index (κ1) is 21.8. The Morgan fingerprint density at radius 1 is 0.828 bits per heavy atom. The molecule has 0 spiro atoms. The minimum Gasteiger partial charge on any atom is -0.367 e. The van der Waals surface area contributed by atoms with Crippen molar-refractivity contribution in [1.82, 2.24) is 5.32 Å². The van der Waals surface area contributed by atoms with Crippen molar-refractivity contribution in [2.45, 2.75) is 25.5 Å². The van der Waals surface area contributed by atoms with Crippen LogP contribution in [0.3, 0.4) is 0 Å². The van der Waals surface area contributed by atoms with Crippen molar-refractivity contribution < 1.29 is 9.13 Å². The van der Waals surface area contributed by atoms with E-state index in [-0.39, 0.29) is 11.9 Å². The Balaban J connectivity index is 1.56. The number of halogens is 3. The van der Waals surface area contributed by atoms with E-state index in [4.69, 9.17) is 27.9 Å². The Morgan fingerprint density at radius 3 is 1.93 bits per heavy atom. The molecule has 1 N–H and O–H groups in total. The Hall–Kier alpha value is -1.91. The fourth-order valence-corrected chi connectivity index (χ4v) is 3.44. The maximum absolute atomic E-state index is 13.3. The lowest BCUT2D eigenvalue weighted by Gasteiger charge is -2.20. The molecule has 3 aromatic carbocycles. The third-order valence-electron chi connectivity index (χ3n) is 4.68. The molecule has 0 bridgehead atoms. The molecule has 3 rings (SSSR count). The molecule has 0 fully saturated rings. The van der Waals surface area contributed by atoms with Gasteiger partial charge in [0.25, 0.3) is 0 Å². The Labute approximate surface area is 181 Å². The second-order valence-electron chi connectivity index (χ2n) is 7.04. The van der Waals surface area contributed by atoms with Gasteiger partial charge in [0, 0.05) is 22.6 Å². The molecule has 0 aliphatic rings. The molecule has 0 radical (unpaired) electrons. The van der Waals surface area contributed by atoms with Crippen molar-refractivity contribution in [3.8, 4) is 0 Å². The van der Waals surface area contributed by atoms with E-state index in [0.29, 0.717) is 24.2 Å². The molecular weight excluding hydrogens is 408 g/mol. The molecule has 0 aromatic heterocycles. The normalized spacial score (nSPS) is 13.2. The summed E-state index contributed by atoms with van der Waals surface area (Å²) in [6, 6.07) is 22.2. The van der Waals surface area contributed by atoms with E-state index in [2.05, 4.69) is 12.2 Å². The van der Waals surface area contributed by atoms with Crippen LogP contribution in [0.15, 0.2) is 72.8 Å². The Morgan fingerprint density at radius 2 is 1.34 bits per heavy atom. The Bertz CT molecular complexity index is 837. The molecule has 0 heterocycles. The van der Waals surface area contributed by atoms with Gasteiger partial charge in [-0.15, -0.1) is 0 Å². The number of rotatable bonds is 9. The average molecular weight is 432 g/mol. The standard InChI is InChI=1S/C24H24Cl2FNO/c1-17(16-18-2-8-21(25)9-3-18)28-14-15-29-24(19-4-10-22(26)11-5-19)20-6-12-23(27)13-7-20/h2-13,17,24,28H,14-16H2,1H3/t17-,24-/m1/s1. The van der Waals surface area contributed by atoms with Crippen molar-refractivity contribution in [3.63, 3.8) is 0 Å². The van der Waals surface area contributed by atoms with Crippen LogP contribution in [0, 0.1) is 5.82 Å². The molecule has 0 unspecified atom stereocenters. The Kier molecular flexibility index (Phi) is 8.08. The summed E-state index contributed by atoms with van der Waals surface area (Å²) in [6.45, 7) is 3.38. The molecular formula is C24H24Cl2FNO. The first-order valence-corrected chi connectivity index (χ1v) is 10.4. The van der Waals surface area contributed by atoms with Crippen LogP contribution in [-0.2, 0) is 11.2 Å². The minimum atomic E-state index is -0.277. The SMILES string of the molecule is C[C@H](Cc1ccc(Cl)cc1)NCCO[C@@H](c1ccc(F)cc1)c1ccc(Cl)cc1. The van der Waals surface area contributed by atoms with Crippen molar-refractivity contribution in [2.24, 2.45) is 0 Å². The summed E-state index contributed by atoms with van der Waals surface area (Å²) in [5, 5.41) is 4.90. The maximum Gasteiger partial charge on any atom is 0.123 e. The van der Waals surface area contributed by atoms with Crippen LogP contribution in [-0.4, -0.2) is 19.2 Å². The highest BCUT2D eigenvalue weighted by molar-refractivity contribution is 6.30. The second-order valence-corrected chi connectivity index (χ2v) is 7.91. The highest BCUT2D eigenvalue weighted by atomic mass is 35.5. The number of hydrogen-bond acceptors (Lipinski definition) is 2. The molecule has 29 heavy (non-hydrogen) atoms. The molecule has 2 nitrogen and oxygen atoms in total.